The maximum absolute atomic E-state index is 9.26. The summed E-state index contributed by atoms with van der Waals surface area (Å²) >= 11 is 0. The molecular weight excluding hydrogens is 128 g/mol. The number of hydrogen-bond donors (Lipinski definition) is 2. The van der Waals surface area contributed by atoms with Crippen LogP contribution in [0.2, 0.25) is 0 Å². The average molecular weight is 130 g/mol. The summed E-state index contributed by atoms with van der Waals surface area (Å²) in [7, 11) is 0.539. The molecule has 0 saturated carbocycles. The fourth-order valence-electron chi connectivity index (χ4n) is 0.0136. The van der Waals surface area contributed by atoms with Crippen molar-refractivity contribution < 1.29 is 8.42 Å². The summed E-state index contributed by atoms with van der Waals surface area (Å²) in [5.41, 5.74) is 0. The summed E-state index contributed by atoms with van der Waals surface area (Å²) in [5.74, 6) is 0. The molecule has 0 N–H and O–H groups in total. The van der Waals surface area contributed by atoms with Gasteiger partial charge < -0.3 is 0 Å². The van der Waals surface area contributed by atoms with Crippen molar-refractivity contribution in [2.24, 2.45) is 0 Å². The molecule has 0 bridgehead atoms. The topological polar surface area (TPSA) is 34.1 Å². The standard InChI is InChI=1S/H2O2S3/c1-3-5-4-2/h3-4H. The molecule has 5 heteroatoms. The molecule has 32 valence electrons. The van der Waals surface area contributed by atoms with Gasteiger partial charge in [-0.15, -0.1) is 0 Å². The third kappa shape index (κ3) is 4.65. The van der Waals surface area contributed by atoms with Crippen molar-refractivity contribution in [1.82, 2.24) is 0 Å². The van der Waals surface area contributed by atoms with E-state index in [0.29, 0.717) is 0 Å². The molecule has 0 aromatic rings. The van der Waals surface area contributed by atoms with Gasteiger partial charge in [0.2, 0.25) is 0 Å². The molecule has 5 heavy (non-hydrogen) atoms. The van der Waals surface area contributed by atoms with E-state index in [9.17, 15) is 8.42 Å². The number of hydrogen-bond acceptors (Lipinski definition) is 3. The summed E-state index contributed by atoms with van der Waals surface area (Å²) in [6.07, 6.45) is 0. The van der Waals surface area contributed by atoms with Crippen LogP contribution in [0.4, 0.5) is 0 Å². The van der Waals surface area contributed by atoms with Crippen LogP contribution in [0.15, 0.2) is 0 Å². The van der Waals surface area contributed by atoms with Crippen LogP contribution in [-0.4, -0.2) is 8.42 Å². The molecule has 2 nitrogen and oxygen atoms in total. The highest BCUT2D eigenvalue weighted by Crippen LogP contribution is 1.87. The lowest BCUT2D eigenvalue weighted by atomic mass is 16.0. The SMILES string of the molecule is O=[SH]S[SH]=O. The van der Waals surface area contributed by atoms with Gasteiger partial charge in [-0.3, -0.25) is 8.42 Å². The summed E-state index contributed by atoms with van der Waals surface area (Å²) in [6, 6.07) is 0. The van der Waals surface area contributed by atoms with Gasteiger partial charge in [0, 0.05) is 9.83 Å². The van der Waals surface area contributed by atoms with Gasteiger partial charge >= 0.3 is 0 Å². The molecule has 0 spiro atoms. The van der Waals surface area contributed by atoms with E-state index in [0.717, 1.165) is 9.83 Å². The predicted octanol–water partition coefficient (Wildman–Crippen LogP) is -0.560. The van der Waals surface area contributed by atoms with Crippen LogP contribution < -0.4 is 0 Å². The van der Waals surface area contributed by atoms with Crippen molar-refractivity contribution in [2.45, 2.75) is 0 Å². The molecule has 0 amide bonds. The van der Waals surface area contributed by atoms with E-state index >= 15 is 0 Å². The van der Waals surface area contributed by atoms with Gasteiger partial charge in [-0.05, 0) is 0 Å². The van der Waals surface area contributed by atoms with Crippen molar-refractivity contribution in [3.8, 4) is 0 Å². The lowest BCUT2D eigenvalue weighted by Crippen LogP contribution is -1.42. The highest BCUT2D eigenvalue weighted by Gasteiger charge is 1.62. The first-order valence-corrected chi connectivity index (χ1v) is 4.38. The van der Waals surface area contributed by atoms with Crippen LogP contribution in [0.25, 0.3) is 0 Å². The fraction of sp³-hybridized carbons (Fsp3) is 0. The van der Waals surface area contributed by atoms with Gasteiger partial charge in [-0.2, -0.15) is 0 Å². The molecule has 0 aliphatic heterocycles. The monoisotopic (exact) mass is 130 g/mol. The zero-order valence-electron chi connectivity index (χ0n) is 2.12. The number of thiol groups is 2. The van der Waals surface area contributed by atoms with Crippen molar-refractivity contribution in [2.75, 3.05) is 0 Å². The van der Waals surface area contributed by atoms with Crippen LogP contribution >= 0.6 is 9.83 Å². The Morgan fingerprint density at radius 3 is 1.60 bits per heavy atom. The third-order valence-electron chi connectivity index (χ3n) is 0.0667. The maximum Gasteiger partial charge on any atom is 0.0800 e. The van der Waals surface area contributed by atoms with E-state index < -0.39 is 0 Å². The van der Waals surface area contributed by atoms with Gasteiger partial charge in [0.15, 0.2) is 0 Å². The third-order valence-corrected chi connectivity index (χ3v) is 1.80. The van der Waals surface area contributed by atoms with Crippen LogP contribution in [-0.2, 0) is 21.4 Å². The molecule has 0 aromatic carbocycles. The Hall–Kier alpha value is 0.650. The van der Waals surface area contributed by atoms with Crippen molar-refractivity contribution in [1.29, 1.82) is 0 Å². The Bertz CT molecular complexity index is 34.2. The number of rotatable bonds is 2. The summed E-state index contributed by atoms with van der Waals surface area (Å²) in [5, 5.41) is 0. The Morgan fingerprint density at radius 2 is 1.60 bits per heavy atom. The fourth-order valence-corrected chi connectivity index (χ4v) is 0.367. The van der Waals surface area contributed by atoms with E-state index in [-0.39, 0.29) is 21.4 Å². The Labute approximate surface area is 40.1 Å². The maximum atomic E-state index is 9.26. The van der Waals surface area contributed by atoms with Crippen LogP contribution in [0.5, 0.6) is 0 Å². The summed E-state index contributed by atoms with van der Waals surface area (Å²) in [6.45, 7) is 0. The van der Waals surface area contributed by atoms with E-state index in [2.05, 4.69) is 0 Å². The first kappa shape index (κ1) is 5.65. The second-order valence-electron chi connectivity index (χ2n) is 0.231. The summed E-state index contributed by atoms with van der Waals surface area (Å²) in [4.78, 5) is 0. The molecule has 0 fully saturated rings. The van der Waals surface area contributed by atoms with Gasteiger partial charge in [-0.1, -0.05) is 0 Å². The van der Waals surface area contributed by atoms with E-state index in [1.807, 2.05) is 0 Å². The molecule has 0 rings (SSSR count). The van der Waals surface area contributed by atoms with Crippen LogP contribution in [0.1, 0.15) is 0 Å². The zero-order valence-corrected chi connectivity index (χ0v) is 4.72. The van der Waals surface area contributed by atoms with Crippen LogP contribution in [0.3, 0.4) is 0 Å². The quantitative estimate of drug-likeness (QED) is 0.388. The first-order chi connectivity index (χ1) is 2.41. The van der Waals surface area contributed by atoms with Crippen molar-refractivity contribution in [3.63, 3.8) is 0 Å². The minimum absolute atomic E-state index is 0.128. The largest absolute Gasteiger partial charge is 0.250 e. The minimum Gasteiger partial charge on any atom is -0.250 e. The molecule has 0 saturated heterocycles. The molecule has 0 heterocycles. The average Bonchev–Trinajstić information content (AvgIpc) is 1.41. The molecule has 0 aromatic heterocycles. The van der Waals surface area contributed by atoms with Gasteiger partial charge in [0.1, 0.15) is 0 Å². The molecule has 0 atom stereocenters. The van der Waals surface area contributed by atoms with E-state index in [1.54, 1.807) is 0 Å². The molecule has 0 aliphatic rings. The van der Waals surface area contributed by atoms with E-state index in [4.69, 9.17) is 0 Å². The van der Waals surface area contributed by atoms with Crippen LogP contribution in [0, 0.1) is 0 Å². The highest BCUT2D eigenvalue weighted by molar-refractivity contribution is 8.93. The molecule has 0 radical (unpaired) electrons. The lowest BCUT2D eigenvalue weighted by molar-refractivity contribution is 0.700. The van der Waals surface area contributed by atoms with Crippen molar-refractivity contribution in [3.05, 3.63) is 0 Å². The molecule has 0 unspecified atom stereocenters. The summed E-state index contributed by atoms with van der Waals surface area (Å²) < 4.78 is 18.5. The van der Waals surface area contributed by atoms with Gasteiger partial charge in [0.05, 0.1) is 21.4 Å². The highest BCUT2D eigenvalue weighted by atomic mass is 33.5. The predicted molar refractivity (Wildman–Crippen MR) is 26.7 cm³/mol. The smallest absolute Gasteiger partial charge is 0.0800 e. The Kier molecular flexibility index (Phi) is 5.25. The van der Waals surface area contributed by atoms with Gasteiger partial charge in [0.25, 0.3) is 0 Å². The normalized spacial score (nSPS) is 8.00. The minimum atomic E-state index is -0.128. The second kappa shape index (κ2) is 4.65. The Balaban J connectivity index is 2.65. The lowest BCUT2D eigenvalue weighted by Gasteiger charge is -1.56. The first-order valence-electron chi connectivity index (χ1n) is 0.730. The van der Waals surface area contributed by atoms with Crippen molar-refractivity contribution >= 4 is 31.2 Å². The Morgan fingerprint density at radius 1 is 1.20 bits per heavy atom. The molecule has 0 aliphatic carbocycles. The zero-order chi connectivity index (χ0) is 4.12. The van der Waals surface area contributed by atoms with E-state index in [1.165, 1.54) is 0 Å². The second-order valence-corrected chi connectivity index (χ2v) is 3.55. The molecular formula is H2O2S3. The van der Waals surface area contributed by atoms with Gasteiger partial charge in [-0.25, -0.2) is 0 Å².